The van der Waals surface area contributed by atoms with Crippen LogP contribution in [0, 0.1) is 5.92 Å². The second-order valence-electron chi connectivity index (χ2n) is 4.31. The van der Waals surface area contributed by atoms with Crippen LogP contribution in [0.2, 0.25) is 5.15 Å². The molecule has 1 aromatic heterocycles. The summed E-state index contributed by atoms with van der Waals surface area (Å²) in [5, 5.41) is -0.0567. The van der Waals surface area contributed by atoms with Gasteiger partial charge >= 0.3 is 0 Å². The van der Waals surface area contributed by atoms with E-state index < -0.39 is 10.0 Å². The van der Waals surface area contributed by atoms with Gasteiger partial charge in [0.05, 0.1) is 6.61 Å². The fraction of sp³-hybridized carbons (Fsp3) is 0.545. The predicted octanol–water partition coefficient (Wildman–Crippen LogP) is 2.45. The van der Waals surface area contributed by atoms with Crippen molar-refractivity contribution in [2.45, 2.75) is 18.7 Å². The van der Waals surface area contributed by atoms with Gasteiger partial charge in [-0.1, -0.05) is 25.4 Å². The van der Waals surface area contributed by atoms with Crippen molar-refractivity contribution in [1.82, 2.24) is 9.71 Å². The van der Waals surface area contributed by atoms with Crippen LogP contribution in [-0.4, -0.2) is 33.2 Å². The van der Waals surface area contributed by atoms with Crippen molar-refractivity contribution in [3.63, 3.8) is 0 Å². The van der Waals surface area contributed by atoms with Gasteiger partial charge < -0.3 is 4.74 Å². The Morgan fingerprint density at radius 3 is 2.84 bits per heavy atom. The van der Waals surface area contributed by atoms with Crippen molar-refractivity contribution in [3.05, 3.63) is 21.9 Å². The number of nitrogens with one attached hydrogen (secondary N) is 1. The van der Waals surface area contributed by atoms with Crippen molar-refractivity contribution < 1.29 is 13.2 Å². The number of hydrogen-bond donors (Lipinski definition) is 1. The first kappa shape index (κ1) is 16.8. The smallest absolute Gasteiger partial charge is 0.243 e. The quantitative estimate of drug-likeness (QED) is 0.590. The number of halogens is 2. The average Bonchev–Trinajstić information content (AvgIpc) is 2.31. The van der Waals surface area contributed by atoms with E-state index in [0.717, 1.165) is 0 Å². The Hall–Kier alpha value is -0.210. The molecule has 0 spiro atoms. The van der Waals surface area contributed by atoms with Gasteiger partial charge in [-0.25, -0.2) is 18.1 Å². The van der Waals surface area contributed by atoms with Gasteiger partial charge in [-0.15, -0.1) is 0 Å². The van der Waals surface area contributed by atoms with E-state index in [1.54, 1.807) is 0 Å². The van der Waals surface area contributed by atoms with Crippen LogP contribution in [0.15, 0.2) is 21.6 Å². The molecule has 0 radical (unpaired) electrons. The lowest BCUT2D eigenvalue weighted by Gasteiger charge is -2.09. The number of pyridine rings is 1. The van der Waals surface area contributed by atoms with Gasteiger partial charge in [0, 0.05) is 23.8 Å². The van der Waals surface area contributed by atoms with Crippen molar-refractivity contribution >= 4 is 37.6 Å². The summed E-state index contributed by atoms with van der Waals surface area (Å²) in [5.74, 6) is 0.417. The first-order chi connectivity index (χ1) is 8.83. The van der Waals surface area contributed by atoms with E-state index in [-0.39, 0.29) is 16.6 Å². The second-order valence-corrected chi connectivity index (χ2v) is 7.32. The lowest BCUT2D eigenvalue weighted by atomic mass is 10.2. The molecule has 0 saturated heterocycles. The number of sulfonamides is 1. The molecule has 1 heterocycles. The summed E-state index contributed by atoms with van der Waals surface area (Å²) in [6.45, 7) is 5.16. The summed E-state index contributed by atoms with van der Waals surface area (Å²) in [6, 6.07) is 1.41. The summed E-state index contributed by atoms with van der Waals surface area (Å²) in [5.41, 5.74) is 0. The zero-order valence-corrected chi connectivity index (χ0v) is 13.8. The molecule has 0 aromatic carbocycles. The third-order valence-electron chi connectivity index (χ3n) is 2.05. The highest BCUT2D eigenvalue weighted by Crippen LogP contribution is 2.22. The van der Waals surface area contributed by atoms with E-state index in [1.807, 2.05) is 13.8 Å². The molecule has 0 aliphatic carbocycles. The third-order valence-corrected chi connectivity index (χ3v) is 4.37. The van der Waals surface area contributed by atoms with Gasteiger partial charge in [-0.3, -0.25) is 0 Å². The SMILES string of the molecule is CC(C)COCCNS(=O)(=O)c1cc(Br)cnc1Cl. The molecule has 0 saturated carbocycles. The zero-order chi connectivity index (χ0) is 14.5. The second kappa shape index (κ2) is 7.54. The Bertz CT molecular complexity index is 523. The van der Waals surface area contributed by atoms with Crippen LogP contribution in [0.25, 0.3) is 0 Å². The molecule has 0 amide bonds. The van der Waals surface area contributed by atoms with Gasteiger partial charge in [0.1, 0.15) is 10.0 Å². The minimum Gasteiger partial charge on any atom is -0.380 e. The van der Waals surface area contributed by atoms with Crippen LogP contribution in [0.1, 0.15) is 13.8 Å². The van der Waals surface area contributed by atoms with Gasteiger partial charge in [-0.05, 0) is 27.9 Å². The fourth-order valence-electron chi connectivity index (χ4n) is 1.24. The molecule has 8 heteroatoms. The van der Waals surface area contributed by atoms with E-state index in [2.05, 4.69) is 25.6 Å². The molecular weight excluding hydrogens is 356 g/mol. The first-order valence-electron chi connectivity index (χ1n) is 5.71. The van der Waals surface area contributed by atoms with E-state index >= 15 is 0 Å². The van der Waals surface area contributed by atoms with Crippen molar-refractivity contribution in [2.75, 3.05) is 19.8 Å². The summed E-state index contributed by atoms with van der Waals surface area (Å²) in [6.07, 6.45) is 1.44. The normalized spacial score (nSPS) is 12.1. The molecule has 0 unspecified atom stereocenters. The maximum Gasteiger partial charge on any atom is 0.243 e. The minimum atomic E-state index is -3.67. The molecule has 5 nitrogen and oxygen atoms in total. The Morgan fingerprint density at radius 2 is 2.21 bits per heavy atom. The van der Waals surface area contributed by atoms with Gasteiger partial charge in [-0.2, -0.15) is 0 Å². The minimum absolute atomic E-state index is 0.0487. The summed E-state index contributed by atoms with van der Waals surface area (Å²) < 4.78 is 32.2. The molecule has 19 heavy (non-hydrogen) atoms. The van der Waals surface area contributed by atoms with E-state index in [1.165, 1.54) is 12.3 Å². The molecule has 0 atom stereocenters. The van der Waals surface area contributed by atoms with E-state index in [4.69, 9.17) is 16.3 Å². The Kier molecular flexibility index (Phi) is 6.68. The lowest BCUT2D eigenvalue weighted by molar-refractivity contribution is 0.114. The summed E-state index contributed by atoms with van der Waals surface area (Å²) >= 11 is 8.94. The fourth-order valence-corrected chi connectivity index (χ4v) is 3.19. The first-order valence-corrected chi connectivity index (χ1v) is 8.37. The number of aromatic nitrogens is 1. The molecule has 0 aliphatic rings. The number of ether oxygens (including phenoxy) is 1. The summed E-state index contributed by atoms with van der Waals surface area (Å²) in [4.78, 5) is 3.73. The lowest BCUT2D eigenvalue weighted by Crippen LogP contribution is -2.28. The molecule has 1 rings (SSSR count). The predicted molar refractivity (Wildman–Crippen MR) is 77.8 cm³/mol. The average molecular weight is 372 g/mol. The largest absolute Gasteiger partial charge is 0.380 e. The van der Waals surface area contributed by atoms with E-state index in [9.17, 15) is 8.42 Å². The van der Waals surface area contributed by atoms with Crippen LogP contribution < -0.4 is 4.72 Å². The molecule has 0 bridgehead atoms. The maximum absolute atomic E-state index is 12.0. The Labute approximate surface area is 126 Å². The number of rotatable bonds is 7. The number of nitrogens with zero attached hydrogens (tertiary/aromatic N) is 1. The van der Waals surface area contributed by atoms with Gasteiger partial charge in [0.15, 0.2) is 0 Å². The third kappa shape index (κ3) is 5.74. The standard InChI is InChI=1S/C11H16BrClN2O3S/c1-8(2)7-18-4-3-15-19(16,17)10-5-9(12)6-14-11(10)13/h5-6,8,15H,3-4,7H2,1-2H3. The van der Waals surface area contributed by atoms with Crippen molar-refractivity contribution in [1.29, 1.82) is 0 Å². The highest BCUT2D eigenvalue weighted by Gasteiger charge is 2.18. The zero-order valence-electron chi connectivity index (χ0n) is 10.7. The van der Waals surface area contributed by atoms with Crippen LogP contribution >= 0.6 is 27.5 Å². The van der Waals surface area contributed by atoms with Crippen LogP contribution in [0.3, 0.4) is 0 Å². The molecule has 0 fully saturated rings. The van der Waals surface area contributed by atoms with Crippen LogP contribution in [0.5, 0.6) is 0 Å². The van der Waals surface area contributed by atoms with Crippen LogP contribution in [-0.2, 0) is 14.8 Å². The molecule has 1 aromatic rings. The summed E-state index contributed by atoms with van der Waals surface area (Å²) in [7, 11) is -3.67. The Morgan fingerprint density at radius 1 is 1.53 bits per heavy atom. The number of hydrogen-bond acceptors (Lipinski definition) is 4. The monoisotopic (exact) mass is 370 g/mol. The van der Waals surface area contributed by atoms with Crippen molar-refractivity contribution in [2.24, 2.45) is 5.92 Å². The molecular formula is C11H16BrClN2O3S. The highest BCUT2D eigenvalue weighted by molar-refractivity contribution is 9.10. The van der Waals surface area contributed by atoms with E-state index in [0.29, 0.717) is 23.6 Å². The molecule has 108 valence electrons. The molecule has 1 N–H and O–H groups in total. The van der Waals surface area contributed by atoms with Gasteiger partial charge in [0.2, 0.25) is 10.0 Å². The van der Waals surface area contributed by atoms with Crippen LogP contribution in [0.4, 0.5) is 0 Å². The van der Waals surface area contributed by atoms with Crippen molar-refractivity contribution in [3.8, 4) is 0 Å². The highest BCUT2D eigenvalue weighted by atomic mass is 79.9. The Balaban J connectivity index is 2.59. The maximum atomic E-state index is 12.0. The van der Waals surface area contributed by atoms with Gasteiger partial charge in [0.25, 0.3) is 0 Å². The molecule has 0 aliphatic heterocycles. The topological polar surface area (TPSA) is 68.3 Å².